The second kappa shape index (κ2) is 7.02. The third kappa shape index (κ3) is 4.93. The van der Waals surface area contributed by atoms with Crippen molar-refractivity contribution in [1.82, 2.24) is 9.55 Å². The van der Waals surface area contributed by atoms with Crippen molar-refractivity contribution in [2.75, 3.05) is 13.2 Å². The minimum atomic E-state index is -3.75. The Kier molecular flexibility index (Phi) is 5.96. The van der Waals surface area contributed by atoms with Gasteiger partial charge in [0.15, 0.2) is 5.03 Å². The van der Waals surface area contributed by atoms with Crippen LogP contribution in [0.25, 0.3) is 0 Å². The Labute approximate surface area is 115 Å². The van der Waals surface area contributed by atoms with E-state index >= 15 is 0 Å². The summed E-state index contributed by atoms with van der Waals surface area (Å²) in [6.45, 7) is 7.88. The Morgan fingerprint density at radius 3 is 2.63 bits per heavy atom. The molecule has 0 bridgehead atoms. The average molecular weight is 289 g/mol. The highest BCUT2D eigenvalue weighted by molar-refractivity contribution is 7.89. The fraction of sp³-hybridized carbons (Fsp3) is 0.750. The number of nitrogens with zero attached hydrogens (tertiary/aromatic N) is 2. The summed E-state index contributed by atoms with van der Waals surface area (Å²) in [4.78, 5) is 4.09. The first-order valence-corrected chi connectivity index (χ1v) is 8.08. The van der Waals surface area contributed by atoms with E-state index in [0.717, 1.165) is 19.4 Å². The maximum atomic E-state index is 11.3. The lowest BCUT2D eigenvalue weighted by Gasteiger charge is -2.10. The van der Waals surface area contributed by atoms with E-state index in [1.54, 1.807) is 4.57 Å². The molecule has 1 aromatic heterocycles. The monoisotopic (exact) mass is 289 g/mol. The van der Waals surface area contributed by atoms with Gasteiger partial charge in [-0.25, -0.2) is 18.5 Å². The summed E-state index contributed by atoms with van der Waals surface area (Å²) in [5, 5.41) is 5.02. The summed E-state index contributed by atoms with van der Waals surface area (Å²) in [5.41, 5.74) is 0. The maximum Gasteiger partial charge on any atom is 0.257 e. The molecule has 0 radical (unpaired) electrons. The summed E-state index contributed by atoms with van der Waals surface area (Å²) in [5.74, 6) is 0.842. The molecule has 0 aliphatic rings. The van der Waals surface area contributed by atoms with Crippen molar-refractivity contribution < 1.29 is 13.2 Å². The fourth-order valence-electron chi connectivity index (χ4n) is 1.69. The van der Waals surface area contributed by atoms with Crippen molar-refractivity contribution in [3.8, 4) is 0 Å². The Morgan fingerprint density at radius 1 is 1.42 bits per heavy atom. The summed E-state index contributed by atoms with van der Waals surface area (Å²) < 4.78 is 29.9. The standard InChI is InChI=1S/C12H23N3O3S/c1-4-5-7-18-8-6-15-9-11(19(13,16)17)14-12(15)10(2)3/h9-10H,4-8H2,1-3H3,(H2,13,16,17). The van der Waals surface area contributed by atoms with Gasteiger partial charge in [-0.15, -0.1) is 0 Å². The van der Waals surface area contributed by atoms with E-state index in [9.17, 15) is 8.42 Å². The van der Waals surface area contributed by atoms with Crippen LogP contribution in [0.4, 0.5) is 0 Å². The molecule has 0 aromatic carbocycles. The largest absolute Gasteiger partial charge is 0.380 e. The van der Waals surface area contributed by atoms with Crippen molar-refractivity contribution in [2.45, 2.75) is 51.1 Å². The lowest BCUT2D eigenvalue weighted by atomic mass is 10.2. The predicted octanol–water partition coefficient (Wildman–Crippen LogP) is 1.47. The number of sulfonamides is 1. The fourth-order valence-corrected chi connectivity index (χ4v) is 2.19. The molecule has 0 fully saturated rings. The number of aromatic nitrogens is 2. The molecule has 0 amide bonds. The first-order chi connectivity index (χ1) is 8.86. The number of unbranched alkanes of at least 4 members (excludes halogenated alkanes) is 1. The Balaban J connectivity index is 2.73. The first kappa shape index (κ1) is 16.1. The lowest BCUT2D eigenvalue weighted by Crippen LogP contribution is -2.12. The van der Waals surface area contributed by atoms with Crippen LogP contribution in [0.3, 0.4) is 0 Å². The van der Waals surface area contributed by atoms with Crippen LogP contribution in [0.1, 0.15) is 45.4 Å². The minimum Gasteiger partial charge on any atom is -0.380 e. The smallest absolute Gasteiger partial charge is 0.257 e. The molecule has 110 valence electrons. The van der Waals surface area contributed by atoms with Crippen LogP contribution in [0.15, 0.2) is 11.2 Å². The zero-order chi connectivity index (χ0) is 14.5. The normalized spacial score (nSPS) is 12.3. The Morgan fingerprint density at radius 2 is 2.11 bits per heavy atom. The van der Waals surface area contributed by atoms with E-state index in [2.05, 4.69) is 11.9 Å². The van der Waals surface area contributed by atoms with E-state index in [1.807, 2.05) is 13.8 Å². The maximum absolute atomic E-state index is 11.3. The van der Waals surface area contributed by atoms with Crippen LogP contribution in [0.5, 0.6) is 0 Å². The number of ether oxygens (including phenoxy) is 1. The number of nitrogens with two attached hydrogens (primary N) is 1. The van der Waals surface area contributed by atoms with Crippen LogP contribution in [-0.2, 0) is 21.3 Å². The van der Waals surface area contributed by atoms with Crippen LogP contribution < -0.4 is 5.14 Å². The highest BCUT2D eigenvalue weighted by atomic mass is 32.2. The molecule has 1 rings (SSSR count). The number of hydrogen-bond acceptors (Lipinski definition) is 4. The quantitative estimate of drug-likeness (QED) is 0.734. The molecular weight excluding hydrogens is 266 g/mol. The van der Waals surface area contributed by atoms with Gasteiger partial charge in [0.2, 0.25) is 0 Å². The molecule has 0 aliphatic carbocycles. The third-order valence-electron chi connectivity index (χ3n) is 2.71. The van der Waals surface area contributed by atoms with Gasteiger partial charge in [0.25, 0.3) is 10.0 Å². The number of primary sulfonamides is 1. The molecule has 0 unspecified atom stereocenters. The minimum absolute atomic E-state index is 0.0789. The molecule has 0 saturated heterocycles. The van der Waals surface area contributed by atoms with Crippen LogP contribution in [-0.4, -0.2) is 31.2 Å². The second-order valence-electron chi connectivity index (χ2n) is 4.80. The Hall–Kier alpha value is -0.920. The lowest BCUT2D eigenvalue weighted by molar-refractivity contribution is 0.122. The summed E-state index contributed by atoms with van der Waals surface area (Å²) in [7, 11) is -3.75. The van der Waals surface area contributed by atoms with E-state index in [4.69, 9.17) is 9.88 Å². The summed E-state index contributed by atoms with van der Waals surface area (Å²) in [6, 6.07) is 0. The number of rotatable bonds is 8. The highest BCUT2D eigenvalue weighted by Gasteiger charge is 2.17. The molecule has 0 saturated carbocycles. The van der Waals surface area contributed by atoms with Crippen molar-refractivity contribution in [3.63, 3.8) is 0 Å². The second-order valence-corrected chi connectivity index (χ2v) is 6.30. The van der Waals surface area contributed by atoms with Gasteiger partial charge in [0.05, 0.1) is 6.61 Å². The van der Waals surface area contributed by atoms with Gasteiger partial charge in [-0.05, 0) is 6.42 Å². The van der Waals surface area contributed by atoms with Gasteiger partial charge in [0, 0.05) is 25.3 Å². The zero-order valence-corrected chi connectivity index (χ0v) is 12.6. The molecule has 19 heavy (non-hydrogen) atoms. The molecule has 1 aromatic rings. The number of hydrogen-bond donors (Lipinski definition) is 1. The van der Waals surface area contributed by atoms with Gasteiger partial charge in [0.1, 0.15) is 5.82 Å². The SMILES string of the molecule is CCCCOCCn1cc(S(N)(=O)=O)nc1C(C)C. The highest BCUT2D eigenvalue weighted by Crippen LogP contribution is 2.16. The van der Waals surface area contributed by atoms with Gasteiger partial charge in [-0.2, -0.15) is 0 Å². The van der Waals surface area contributed by atoms with Gasteiger partial charge in [-0.3, -0.25) is 0 Å². The molecule has 0 atom stereocenters. The predicted molar refractivity (Wildman–Crippen MR) is 73.4 cm³/mol. The third-order valence-corrected chi connectivity index (χ3v) is 3.49. The van der Waals surface area contributed by atoms with Crippen molar-refractivity contribution >= 4 is 10.0 Å². The van der Waals surface area contributed by atoms with Crippen LogP contribution in [0.2, 0.25) is 0 Å². The topological polar surface area (TPSA) is 87.2 Å². The van der Waals surface area contributed by atoms with Gasteiger partial charge >= 0.3 is 0 Å². The van der Waals surface area contributed by atoms with Crippen molar-refractivity contribution in [1.29, 1.82) is 0 Å². The molecule has 7 heteroatoms. The molecule has 6 nitrogen and oxygen atoms in total. The molecule has 2 N–H and O–H groups in total. The van der Waals surface area contributed by atoms with E-state index in [1.165, 1.54) is 6.20 Å². The first-order valence-electron chi connectivity index (χ1n) is 6.53. The van der Waals surface area contributed by atoms with E-state index < -0.39 is 10.0 Å². The molecule has 1 heterocycles. The van der Waals surface area contributed by atoms with Gasteiger partial charge in [-0.1, -0.05) is 27.2 Å². The molecule has 0 aliphatic heterocycles. The van der Waals surface area contributed by atoms with Crippen LogP contribution in [0, 0.1) is 0 Å². The summed E-state index contributed by atoms with van der Waals surface area (Å²) in [6.07, 6.45) is 3.61. The average Bonchev–Trinajstić information content (AvgIpc) is 2.72. The van der Waals surface area contributed by atoms with Crippen molar-refractivity contribution in [2.24, 2.45) is 5.14 Å². The van der Waals surface area contributed by atoms with E-state index in [-0.39, 0.29) is 10.9 Å². The zero-order valence-electron chi connectivity index (χ0n) is 11.8. The van der Waals surface area contributed by atoms with E-state index in [0.29, 0.717) is 19.0 Å². The molecule has 0 spiro atoms. The van der Waals surface area contributed by atoms with Gasteiger partial charge < -0.3 is 9.30 Å². The van der Waals surface area contributed by atoms with Crippen LogP contribution >= 0.6 is 0 Å². The molecular formula is C12H23N3O3S. The van der Waals surface area contributed by atoms with Crippen molar-refractivity contribution in [3.05, 3.63) is 12.0 Å². The summed E-state index contributed by atoms with van der Waals surface area (Å²) >= 11 is 0. The number of imidazole rings is 1. The Bertz CT molecular complexity index is 494.